The first kappa shape index (κ1) is 17.8. The molecule has 0 aromatic heterocycles. The third kappa shape index (κ3) is 3.34. The van der Waals surface area contributed by atoms with E-state index in [2.05, 4.69) is 53.6 Å². The van der Waals surface area contributed by atoms with Gasteiger partial charge in [0.2, 0.25) is 5.91 Å². The van der Waals surface area contributed by atoms with Gasteiger partial charge < -0.3 is 10.2 Å². The molecule has 1 aromatic carbocycles. The molecule has 2 aliphatic carbocycles. The van der Waals surface area contributed by atoms with Gasteiger partial charge in [-0.3, -0.25) is 4.79 Å². The van der Waals surface area contributed by atoms with Crippen LogP contribution in [0, 0.1) is 11.8 Å². The zero-order valence-electron chi connectivity index (χ0n) is 16.2. The van der Waals surface area contributed by atoms with Crippen molar-refractivity contribution in [3.63, 3.8) is 0 Å². The van der Waals surface area contributed by atoms with Crippen molar-refractivity contribution in [3.05, 3.63) is 47.5 Å². The van der Waals surface area contributed by atoms with Crippen LogP contribution in [0.25, 0.3) is 0 Å². The van der Waals surface area contributed by atoms with Gasteiger partial charge >= 0.3 is 0 Å². The van der Waals surface area contributed by atoms with E-state index in [1.807, 2.05) is 0 Å². The largest absolute Gasteiger partial charge is 0.349 e. The molecular formula is C23H32N2O. The van der Waals surface area contributed by atoms with Gasteiger partial charge in [0, 0.05) is 18.9 Å². The van der Waals surface area contributed by atoms with Crippen molar-refractivity contribution in [3.8, 4) is 0 Å². The van der Waals surface area contributed by atoms with Crippen LogP contribution >= 0.6 is 0 Å². The highest BCUT2D eigenvalue weighted by Crippen LogP contribution is 2.50. The Hall–Kier alpha value is -1.61. The van der Waals surface area contributed by atoms with Crippen LogP contribution in [-0.2, 0) is 10.2 Å². The Morgan fingerprint density at radius 1 is 1.31 bits per heavy atom. The van der Waals surface area contributed by atoms with Gasteiger partial charge in [0.25, 0.3) is 0 Å². The lowest BCUT2D eigenvalue weighted by molar-refractivity contribution is -0.119. The SMILES string of the molecule is CC(=O)NC1CC2(CCN(C[C@@H](C)[C@H]3C=CCC3)CC2)c2ccccc21. The maximum absolute atomic E-state index is 11.7. The summed E-state index contributed by atoms with van der Waals surface area (Å²) in [5.74, 6) is 1.62. The summed E-state index contributed by atoms with van der Waals surface area (Å²) in [5.41, 5.74) is 3.10. The number of hydrogen-bond donors (Lipinski definition) is 1. The number of fused-ring (bicyclic) bond motifs is 2. The Kier molecular flexibility index (Phi) is 4.92. The number of hydrogen-bond acceptors (Lipinski definition) is 2. The van der Waals surface area contributed by atoms with E-state index in [4.69, 9.17) is 0 Å². The van der Waals surface area contributed by atoms with Gasteiger partial charge in [0.15, 0.2) is 0 Å². The number of benzene rings is 1. The monoisotopic (exact) mass is 352 g/mol. The highest BCUT2D eigenvalue weighted by Gasteiger charge is 2.45. The number of amides is 1. The van der Waals surface area contributed by atoms with Crippen molar-refractivity contribution < 1.29 is 4.79 Å². The van der Waals surface area contributed by atoms with Gasteiger partial charge in [0.1, 0.15) is 0 Å². The topological polar surface area (TPSA) is 32.3 Å². The van der Waals surface area contributed by atoms with E-state index in [1.165, 1.54) is 56.4 Å². The van der Waals surface area contributed by atoms with E-state index in [-0.39, 0.29) is 17.4 Å². The van der Waals surface area contributed by atoms with Crippen molar-refractivity contribution in [2.75, 3.05) is 19.6 Å². The van der Waals surface area contributed by atoms with Crippen molar-refractivity contribution in [2.24, 2.45) is 11.8 Å². The molecular weight excluding hydrogens is 320 g/mol. The summed E-state index contributed by atoms with van der Waals surface area (Å²) in [6.07, 6.45) is 10.9. The summed E-state index contributed by atoms with van der Waals surface area (Å²) in [5, 5.41) is 3.19. The molecule has 1 fully saturated rings. The summed E-state index contributed by atoms with van der Waals surface area (Å²) >= 11 is 0. The fourth-order valence-electron chi connectivity index (χ4n) is 5.58. The van der Waals surface area contributed by atoms with Crippen LogP contribution in [0.4, 0.5) is 0 Å². The molecule has 1 unspecified atom stereocenters. The van der Waals surface area contributed by atoms with E-state index in [0.717, 1.165) is 18.3 Å². The van der Waals surface area contributed by atoms with E-state index in [1.54, 1.807) is 6.92 Å². The zero-order valence-corrected chi connectivity index (χ0v) is 16.2. The summed E-state index contributed by atoms with van der Waals surface area (Å²) in [6.45, 7) is 7.64. The van der Waals surface area contributed by atoms with Crippen LogP contribution in [-0.4, -0.2) is 30.4 Å². The van der Waals surface area contributed by atoms with Gasteiger partial charge in [0.05, 0.1) is 6.04 Å². The lowest BCUT2D eigenvalue weighted by Crippen LogP contribution is -2.44. The van der Waals surface area contributed by atoms with Gasteiger partial charge in [-0.25, -0.2) is 0 Å². The molecule has 3 heteroatoms. The number of likely N-dealkylation sites (tertiary alicyclic amines) is 1. The second-order valence-corrected chi connectivity index (χ2v) is 8.77. The predicted octanol–water partition coefficient (Wildman–Crippen LogP) is 4.20. The lowest BCUT2D eigenvalue weighted by Gasteiger charge is -2.41. The maximum Gasteiger partial charge on any atom is 0.217 e. The van der Waals surface area contributed by atoms with E-state index >= 15 is 0 Å². The fourth-order valence-corrected chi connectivity index (χ4v) is 5.58. The van der Waals surface area contributed by atoms with Crippen LogP contribution in [0.3, 0.4) is 0 Å². The smallest absolute Gasteiger partial charge is 0.217 e. The Balaban J connectivity index is 1.43. The minimum absolute atomic E-state index is 0.0812. The first-order valence-corrected chi connectivity index (χ1v) is 10.3. The van der Waals surface area contributed by atoms with Crippen LogP contribution in [0.5, 0.6) is 0 Å². The fraction of sp³-hybridized carbons (Fsp3) is 0.609. The number of allylic oxidation sites excluding steroid dienone is 2. The molecule has 1 aromatic rings. The molecule has 1 amide bonds. The second-order valence-electron chi connectivity index (χ2n) is 8.77. The summed E-state index contributed by atoms with van der Waals surface area (Å²) in [6, 6.07) is 8.98. The standard InChI is InChI=1S/C23H32N2O/c1-17(19-7-3-4-8-19)16-25-13-11-23(12-14-25)15-22(24-18(2)26)20-9-5-6-10-21(20)23/h3,5-7,9-10,17,19,22H,4,8,11-16H2,1-2H3,(H,24,26)/t17-,19+,22?/m1/s1. The minimum Gasteiger partial charge on any atom is -0.349 e. The van der Waals surface area contributed by atoms with Crippen molar-refractivity contribution in [1.82, 2.24) is 10.2 Å². The minimum atomic E-state index is 0.0812. The summed E-state index contributed by atoms with van der Waals surface area (Å²) < 4.78 is 0. The molecule has 0 bridgehead atoms. The lowest BCUT2D eigenvalue weighted by atomic mass is 9.73. The Morgan fingerprint density at radius 3 is 2.77 bits per heavy atom. The molecule has 3 nitrogen and oxygen atoms in total. The second kappa shape index (κ2) is 7.19. The molecule has 0 saturated carbocycles. The van der Waals surface area contributed by atoms with Gasteiger partial charge in [-0.05, 0) is 68.2 Å². The molecule has 1 aliphatic heterocycles. The number of carbonyl (C=O) groups is 1. The quantitative estimate of drug-likeness (QED) is 0.824. The molecule has 3 aliphatic rings. The molecule has 4 rings (SSSR count). The Morgan fingerprint density at radius 2 is 2.08 bits per heavy atom. The highest BCUT2D eigenvalue weighted by molar-refractivity contribution is 5.73. The van der Waals surface area contributed by atoms with Gasteiger partial charge in [-0.15, -0.1) is 0 Å². The first-order chi connectivity index (χ1) is 12.6. The van der Waals surface area contributed by atoms with E-state index in [9.17, 15) is 4.79 Å². The van der Waals surface area contributed by atoms with Crippen LogP contribution < -0.4 is 5.32 Å². The molecule has 1 saturated heterocycles. The number of rotatable bonds is 4. The normalized spacial score (nSPS) is 28.2. The average molecular weight is 353 g/mol. The van der Waals surface area contributed by atoms with Crippen LogP contribution in [0.1, 0.15) is 63.1 Å². The molecule has 3 atom stereocenters. The molecule has 140 valence electrons. The number of piperidine rings is 1. The third-order valence-corrected chi connectivity index (χ3v) is 7.02. The van der Waals surface area contributed by atoms with Crippen molar-refractivity contribution in [1.29, 1.82) is 0 Å². The average Bonchev–Trinajstić information content (AvgIpc) is 3.25. The number of nitrogens with zero attached hydrogens (tertiary/aromatic N) is 1. The maximum atomic E-state index is 11.7. The molecule has 0 radical (unpaired) electrons. The van der Waals surface area contributed by atoms with E-state index in [0.29, 0.717) is 0 Å². The highest BCUT2D eigenvalue weighted by atomic mass is 16.1. The first-order valence-electron chi connectivity index (χ1n) is 10.3. The summed E-state index contributed by atoms with van der Waals surface area (Å²) in [4.78, 5) is 14.3. The van der Waals surface area contributed by atoms with E-state index < -0.39 is 0 Å². The molecule has 1 N–H and O–H groups in total. The van der Waals surface area contributed by atoms with Crippen LogP contribution in [0.15, 0.2) is 36.4 Å². The van der Waals surface area contributed by atoms with Crippen molar-refractivity contribution >= 4 is 5.91 Å². The van der Waals surface area contributed by atoms with Gasteiger partial charge in [-0.1, -0.05) is 43.3 Å². The molecule has 1 heterocycles. The molecule has 26 heavy (non-hydrogen) atoms. The predicted molar refractivity (Wildman–Crippen MR) is 106 cm³/mol. The Labute approximate surface area is 157 Å². The number of carbonyl (C=O) groups excluding carboxylic acids is 1. The Bertz CT molecular complexity index is 687. The summed E-state index contributed by atoms with van der Waals surface area (Å²) in [7, 11) is 0. The number of nitrogens with one attached hydrogen (secondary N) is 1. The van der Waals surface area contributed by atoms with Crippen LogP contribution in [0.2, 0.25) is 0 Å². The van der Waals surface area contributed by atoms with Gasteiger partial charge in [-0.2, -0.15) is 0 Å². The zero-order chi connectivity index (χ0) is 18.1. The molecule has 1 spiro atoms. The van der Waals surface area contributed by atoms with Crippen molar-refractivity contribution in [2.45, 2.75) is 57.4 Å². The third-order valence-electron chi connectivity index (χ3n) is 7.02.